The molecule has 9 heteroatoms. The van der Waals surface area contributed by atoms with Gasteiger partial charge < -0.3 is 24.1 Å². The van der Waals surface area contributed by atoms with Crippen LogP contribution < -0.4 is 14.8 Å². The van der Waals surface area contributed by atoms with Crippen molar-refractivity contribution in [3.63, 3.8) is 0 Å². The topological polar surface area (TPSA) is 89.7 Å². The third kappa shape index (κ3) is 4.19. The zero-order valence-electron chi connectivity index (χ0n) is 16.3. The maximum atomic E-state index is 12.8. The van der Waals surface area contributed by atoms with Crippen LogP contribution in [0.5, 0.6) is 11.5 Å². The van der Waals surface area contributed by atoms with Gasteiger partial charge in [-0.15, -0.1) is 21.5 Å². The van der Waals surface area contributed by atoms with Gasteiger partial charge in [0.15, 0.2) is 11.5 Å². The normalized spacial score (nSPS) is 16.5. The van der Waals surface area contributed by atoms with E-state index in [1.54, 1.807) is 48.7 Å². The summed E-state index contributed by atoms with van der Waals surface area (Å²) in [5.41, 5.74) is 0.646. The molecule has 29 heavy (non-hydrogen) atoms. The van der Waals surface area contributed by atoms with Crippen LogP contribution >= 0.6 is 11.3 Å². The summed E-state index contributed by atoms with van der Waals surface area (Å²) >= 11 is 1.56. The second-order valence-electron chi connectivity index (χ2n) is 6.71. The van der Waals surface area contributed by atoms with Crippen LogP contribution in [0, 0.1) is 0 Å². The molecule has 8 nitrogen and oxygen atoms in total. The number of hydrogen-bond donors (Lipinski definition) is 1. The van der Waals surface area contributed by atoms with Gasteiger partial charge in [0.25, 0.3) is 5.89 Å². The van der Waals surface area contributed by atoms with E-state index in [1.165, 1.54) is 0 Å². The number of aromatic nitrogens is 2. The van der Waals surface area contributed by atoms with E-state index in [-0.39, 0.29) is 11.9 Å². The molecule has 3 aromatic rings. The molecule has 1 N–H and O–H groups in total. The molecule has 0 bridgehead atoms. The Bertz CT molecular complexity index is 973. The molecule has 0 radical (unpaired) electrons. The summed E-state index contributed by atoms with van der Waals surface area (Å²) in [6, 6.07) is 9.02. The number of benzene rings is 1. The Morgan fingerprint density at radius 1 is 1.24 bits per heavy atom. The minimum atomic E-state index is -0.167. The Hall–Kier alpha value is -3.07. The maximum absolute atomic E-state index is 12.8. The Morgan fingerprint density at radius 3 is 2.86 bits per heavy atom. The largest absolute Gasteiger partial charge is 0.493 e. The van der Waals surface area contributed by atoms with Gasteiger partial charge >= 0.3 is 6.03 Å². The lowest BCUT2D eigenvalue weighted by molar-refractivity contribution is 0.187. The number of hydrogen-bond acceptors (Lipinski definition) is 7. The molecule has 2 aromatic heterocycles. The van der Waals surface area contributed by atoms with Gasteiger partial charge in [-0.2, -0.15) is 0 Å². The third-order valence-corrected chi connectivity index (χ3v) is 5.72. The summed E-state index contributed by atoms with van der Waals surface area (Å²) in [6.45, 7) is 1.22. The number of carbonyl (C=O) groups excluding carboxylic acids is 1. The number of rotatable bonds is 5. The number of urea groups is 1. The molecule has 1 aromatic carbocycles. The zero-order chi connectivity index (χ0) is 20.2. The number of carbonyl (C=O) groups is 1. The summed E-state index contributed by atoms with van der Waals surface area (Å²) in [6.07, 6.45) is 1.78. The van der Waals surface area contributed by atoms with Crippen LogP contribution in [0.1, 0.15) is 24.7 Å². The molecule has 2 amide bonds. The van der Waals surface area contributed by atoms with E-state index in [0.717, 1.165) is 17.7 Å². The lowest BCUT2D eigenvalue weighted by Crippen LogP contribution is -2.41. The number of methoxy groups -OCH3 is 2. The Morgan fingerprint density at radius 2 is 2.10 bits per heavy atom. The number of nitrogens with one attached hydrogen (secondary N) is 1. The van der Waals surface area contributed by atoms with Gasteiger partial charge in [0, 0.05) is 24.8 Å². The monoisotopic (exact) mass is 414 g/mol. The molecule has 1 fully saturated rings. The number of likely N-dealkylation sites (tertiary alicyclic amines) is 1. The summed E-state index contributed by atoms with van der Waals surface area (Å²) in [5, 5.41) is 13.3. The first-order valence-corrected chi connectivity index (χ1v) is 10.2. The Kier molecular flexibility index (Phi) is 5.66. The predicted octanol–water partition coefficient (Wildman–Crippen LogP) is 4.23. The van der Waals surface area contributed by atoms with Crippen LogP contribution in [0.3, 0.4) is 0 Å². The zero-order valence-corrected chi connectivity index (χ0v) is 17.1. The average Bonchev–Trinajstić information content (AvgIpc) is 3.45. The Labute approximate surface area is 172 Å². The minimum Gasteiger partial charge on any atom is -0.493 e. The third-order valence-electron chi connectivity index (χ3n) is 4.87. The van der Waals surface area contributed by atoms with Gasteiger partial charge in [-0.25, -0.2) is 4.79 Å². The van der Waals surface area contributed by atoms with Gasteiger partial charge in [-0.05, 0) is 36.4 Å². The number of thiophene rings is 1. The second kappa shape index (κ2) is 8.52. The van der Waals surface area contributed by atoms with Crippen molar-refractivity contribution in [1.29, 1.82) is 0 Å². The van der Waals surface area contributed by atoms with Crippen molar-refractivity contribution in [2.75, 3.05) is 32.6 Å². The van der Waals surface area contributed by atoms with Gasteiger partial charge in [-0.1, -0.05) is 6.07 Å². The van der Waals surface area contributed by atoms with Crippen LogP contribution in [-0.4, -0.2) is 48.4 Å². The van der Waals surface area contributed by atoms with Crippen LogP contribution in [0.25, 0.3) is 10.8 Å². The highest BCUT2D eigenvalue weighted by Crippen LogP contribution is 2.32. The number of anilines is 1. The lowest BCUT2D eigenvalue weighted by Gasteiger charge is -2.31. The fourth-order valence-corrected chi connectivity index (χ4v) is 4.02. The van der Waals surface area contributed by atoms with Crippen LogP contribution in [0.4, 0.5) is 10.5 Å². The molecule has 1 saturated heterocycles. The van der Waals surface area contributed by atoms with Crippen LogP contribution in [0.2, 0.25) is 0 Å². The molecule has 0 spiro atoms. The summed E-state index contributed by atoms with van der Waals surface area (Å²) < 4.78 is 16.4. The van der Waals surface area contributed by atoms with Crippen molar-refractivity contribution < 1.29 is 18.7 Å². The fourth-order valence-electron chi connectivity index (χ4n) is 3.38. The fraction of sp³-hybridized carbons (Fsp3) is 0.350. The van der Waals surface area contributed by atoms with Gasteiger partial charge in [0.1, 0.15) is 0 Å². The van der Waals surface area contributed by atoms with Crippen molar-refractivity contribution in [1.82, 2.24) is 15.1 Å². The highest BCUT2D eigenvalue weighted by atomic mass is 32.1. The molecule has 152 valence electrons. The van der Waals surface area contributed by atoms with Crippen LogP contribution in [0.15, 0.2) is 40.1 Å². The van der Waals surface area contributed by atoms with Gasteiger partial charge in [0.2, 0.25) is 5.89 Å². The molecule has 4 rings (SSSR count). The number of ether oxygens (including phenoxy) is 2. The Balaban J connectivity index is 1.42. The first-order valence-electron chi connectivity index (χ1n) is 9.33. The van der Waals surface area contributed by atoms with E-state index in [9.17, 15) is 4.79 Å². The number of amides is 2. The summed E-state index contributed by atoms with van der Waals surface area (Å²) in [5.74, 6) is 2.32. The highest BCUT2D eigenvalue weighted by Gasteiger charge is 2.29. The first-order chi connectivity index (χ1) is 14.2. The molecule has 0 saturated carbocycles. The maximum Gasteiger partial charge on any atom is 0.321 e. The molecule has 1 atom stereocenters. The molecular weight excluding hydrogens is 392 g/mol. The second-order valence-corrected chi connectivity index (χ2v) is 7.66. The molecule has 1 unspecified atom stereocenters. The van der Waals surface area contributed by atoms with Crippen molar-refractivity contribution >= 4 is 23.1 Å². The molecule has 0 aliphatic carbocycles. The molecular formula is C20H22N4O4S. The van der Waals surface area contributed by atoms with E-state index < -0.39 is 0 Å². The average molecular weight is 414 g/mol. The highest BCUT2D eigenvalue weighted by molar-refractivity contribution is 7.13. The molecule has 1 aliphatic rings. The minimum absolute atomic E-state index is 0.0288. The van der Waals surface area contributed by atoms with E-state index in [2.05, 4.69) is 15.5 Å². The summed E-state index contributed by atoms with van der Waals surface area (Å²) in [7, 11) is 3.14. The van der Waals surface area contributed by atoms with E-state index in [0.29, 0.717) is 42.1 Å². The van der Waals surface area contributed by atoms with Crippen LogP contribution in [-0.2, 0) is 0 Å². The number of nitrogens with zero attached hydrogens (tertiary/aromatic N) is 3. The lowest BCUT2D eigenvalue weighted by atomic mass is 9.98. The quantitative estimate of drug-likeness (QED) is 0.672. The van der Waals surface area contributed by atoms with Gasteiger partial charge in [0.05, 0.1) is 25.0 Å². The molecule has 1 aliphatic heterocycles. The molecule has 3 heterocycles. The van der Waals surface area contributed by atoms with Crippen molar-refractivity contribution in [3.05, 3.63) is 41.6 Å². The SMILES string of the molecule is COc1ccc(NC(=O)N2CCCC(c3nnc(-c4cccs4)o3)C2)cc1OC. The number of piperidine rings is 1. The standard InChI is InChI=1S/C20H22N4O4S/c1-26-15-8-7-14(11-16(15)27-2)21-20(25)24-9-3-5-13(12-24)18-22-23-19(28-18)17-6-4-10-29-17/h4,6-8,10-11,13H,3,5,9,12H2,1-2H3,(H,21,25). The van der Waals surface area contributed by atoms with Gasteiger partial charge in [-0.3, -0.25) is 0 Å². The van der Waals surface area contributed by atoms with E-state index in [1.807, 2.05) is 17.5 Å². The van der Waals surface area contributed by atoms with E-state index >= 15 is 0 Å². The van der Waals surface area contributed by atoms with E-state index in [4.69, 9.17) is 13.9 Å². The van der Waals surface area contributed by atoms with Crippen molar-refractivity contribution in [2.45, 2.75) is 18.8 Å². The predicted molar refractivity (Wildman–Crippen MR) is 110 cm³/mol. The van der Waals surface area contributed by atoms with Crippen molar-refractivity contribution in [2.24, 2.45) is 0 Å². The summed E-state index contributed by atoms with van der Waals surface area (Å²) in [4.78, 5) is 15.5. The van der Waals surface area contributed by atoms with Crippen molar-refractivity contribution in [3.8, 4) is 22.3 Å². The smallest absolute Gasteiger partial charge is 0.321 e. The first kappa shape index (κ1) is 19.3.